The molecule has 0 atom stereocenters. The van der Waals surface area contributed by atoms with Crippen molar-refractivity contribution < 1.29 is 9.34 Å². The van der Waals surface area contributed by atoms with Crippen LogP contribution in [0.3, 0.4) is 0 Å². The molecule has 2 aromatic heterocycles. The Labute approximate surface area is 105 Å². The molecular formula is C12H7N3O4. The molecule has 0 aliphatic heterocycles. The van der Waals surface area contributed by atoms with E-state index in [4.69, 9.17) is 4.42 Å². The molecule has 0 unspecified atom stereocenters. The molecule has 0 radical (unpaired) electrons. The molecule has 0 aliphatic carbocycles. The summed E-state index contributed by atoms with van der Waals surface area (Å²) in [5.74, 6) is 0.314. The number of H-pyrrole nitrogens is 1. The van der Waals surface area contributed by atoms with E-state index in [1.807, 2.05) is 0 Å². The van der Waals surface area contributed by atoms with Gasteiger partial charge >= 0.3 is 0 Å². The number of nitro groups is 1. The molecular weight excluding hydrogens is 250 g/mol. The van der Waals surface area contributed by atoms with Crippen molar-refractivity contribution in [3.8, 4) is 11.5 Å². The van der Waals surface area contributed by atoms with Gasteiger partial charge in [-0.15, -0.1) is 0 Å². The fraction of sp³-hybridized carbons (Fsp3) is 0. The lowest BCUT2D eigenvalue weighted by molar-refractivity contribution is -0.384. The lowest BCUT2D eigenvalue weighted by Gasteiger charge is -2.00. The van der Waals surface area contributed by atoms with Gasteiger partial charge in [0.15, 0.2) is 11.5 Å². The SMILES string of the molecule is O=c1[nH]c2ccc([N+](=O)[O-])cc2nc1-c1ccco1. The summed E-state index contributed by atoms with van der Waals surface area (Å²) in [6.07, 6.45) is 1.42. The molecule has 19 heavy (non-hydrogen) atoms. The number of nitrogens with one attached hydrogen (secondary N) is 1. The number of hydrogen-bond donors (Lipinski definition) is 1. The van der Waals surface area contributed by atoms with Crippen LogP contribution >= 0.6 is 0 Å². The zero-order chi connectivity index (χ0) is 13.4. The van der Waals surface area contributed by atoms with Crippen molar-refractivity contribution >= 4 is 16.7 Å². The average molecular weight is 257 g/mol. The summed E-state index contributed by atoms with van der Waals surface area (Å²) >= 11 is 0. The predicted octanol–water partition coefficient (Wildman–Crippen LogP) is 2.09. The van der Waals surface area contributed by atoms with E-state index in [2.05, 4.69) is 9.97 Å². The Kier molecular flexibility index (Phi) is 2.38. The summed E-state index contributed by atoms with van der Waals surface area (Å²) in [4.78, 5) is 28.8. The highest BCUT2D eigenvalue weighted by Gasteiger charge is 2.12. The minimum Gasteiger partial charge on any atom is -0.463 e. The number of non-ortho nitro benzene ring substituents is 1. The standard InChI is InChI=1S/C12H7N3O4/c16-12-11(10-2-1-5-19-10)13-9-6-7(15(17)18)3-4-8(9)14-12/h1-6H,(H,14,16). The maximum Gasteiger partial charge on any atom is 0.278 e. The van der Waals surface area contributed by atoms with Crippen LogP contribution in [0, 0.1) is 10.1 Å². The summed E-state index contributed by atoms with van der Waals surface area (Å²) in [7, 11) is 0. The van der Waals surface area contributed by atoms with Crippen LogP contribution in [0.25, 0.3) is 22.5 Å². The molecule has 0 saturated carbocycles. The van der Waals surface area contributed by atoms with Crippen molar-refractivity contribution in [2.75, 3.05) is 0 Å². The zero-order valence-electron chi connectivity index (χ0n) is 9.49. The molecule has 7 nitrogen and oxygen atoms in total. The van der Waals surface area contributed by atoms with Crippen LogP contribution in [-0.4, -0.2) is 14.9 Å². The van der Waals surface area contributed by atoms with E-state index < -0.39 is 10.5 Å². The van der Waals surface area contributed by atoms with Crippen LogP contribution in [0.4, 0.5) is 5.69 Å². The van der Waals surface area contributed by atoms with Crippen LogP contribution in [-0.2, 0) is 0 Å². The first-order valence-electron chi connectivity index (χ1n) is 5.37. The van der Waals surface area contributed by atoms with Crippen molar-refractivity contribution in [1.82, 2.24) is 9.97 Å². The van der Waals surface area contributed by atoms with Crippen molar-refractivity contribution in [3.63, 3.8) is 0 Å². The number of hydrogen-bond acceptors (Lipinski definition) is 5. The van der Waals surface area contributed by atoms with Gasteiger partial charge in [0.1, 0.15) is 0 Å². The second-order valence-electron chi connectivity index (χ2n) is 3.85. The molecule has 0 amide bonds. The molecule has 7 heteroatoms. The second kappa shape index (κ2) is 4.05. The number of nitrogens with zero attached hydrogens (tertiary/aromatic N) is 2. The van der Waals surface area contributed by atoms with Gasteiger partial charge in [-0.05, 0) is 18.2 Å². The van der Waals surface area contributed by atoms with E-state index in [0.717, 1.165) is 0 Å². The van der Waals surface area contributed by atoms with Crippen LogP contribution < -0.4 is 5.56 Å². The summed E-state index contributed by atoms with van der Waals surface area (Å²) in [5, 5.41) is 10.7. The number of furan rings is 1. The van der Waals surface area contributed by atoms with Gasteiger partial charge in [-0.2, -0.15) is 0 Å². The third-order valence-electron chi connectivity index (χ3n) is 2.64. The summed E-state index contributed by atoms with van der Waals surface area (Å²) in [6, 6.07) is 7.30. The van der Waals surface area contributed by atoms with Gasteiger partial charge in [-0.3, -0.25) is 14.9 Å². The largest absolute Gasteiger partial charge is 0.463 e. The first kappa shape index (κ1) is 11.1. The first-order valence-corrected chi connectivity index (χ1v) is 5.37. The fourth-order valence-corrected chi connectivity index (χ4v) is 1.76. The Bertz CT molecular complexity index is 821. The highest BCUT2D eigenvalue weighted by Crippen LogP contribution is 2.20. The molecule has 0 fully saturated rings. The molecule has 3 aromatic rings. The molecule has 0 bridgehead atoms. The molecule has 94 valence electrons. The topological polar surface area (TPSA) is 102 Å². The van der Waals surface area contributed by atoms with Gasteiger partial charge in [0.05, 0.1) is 22.2 Å². The highest BCUT2D eigenvalue weighted by atomic mass is 16.6. The summed E-state index contributed by atoms with van der Waals surface area (Å²) in [6.45, 7) is 0. The lowest BCUT2D eigenvalue weighted by Crippen LogP contribution is -2.11. The monoisotopic (exact) mass is 257 g/mol. The average Bonchev–Trinajstić information content (AvgIpc) is 2.91. The number of fused-ring (bicyclic) bond motifs is 1. The number of aromatic nitrogens is 2. The smallest absolute Gasteiger partial charge is 0.278 e. The number of nitro benzene ring substituents is 1. The quantitative estimate of drug-likeness (QED) is 0.559. The van der Waals surface area contributed by atoms with Crippen molar-refractivity contribution in [2.45, 2.75) is 0 Å². The van der Waals surface area contributed by atoms with Crippen LogP contribution in [0.2, 0.25) is 0 Å². The minimum absolute atomic E-state index is 0.0857. The first-order chi connectivity index (χ1) is 9.15. The number of aromatic amines is 1. The minimum atomic E-state index is -0.515. The number of rotatable bonds is 2. The molecule has 1 aromatic carbocycles. The molecule has 1 N–H and O–H groups in total. The van der Waals surface area contributed by atoms with Gasteiger partial charge < -0.3 is 9.40 Å². The Balaban J connectivity index is 2.28. The second-order valence-corrected chi connectivity index (χ2v) is 3.85. The third-order valence-corrected chi connectivity index (χ3v) is 2.64. The van der Waals surface area contributed by atoms with Crippen molar-refractivity contribution in [3.05, 3.63) is 57.1 Å². The Morgan fingerprint density at radius 3 is 2.84 bits per heavy atom. The van der Waals surface area contributed by atoms with Gasteiger partial charge in [0.25, 0.3) is 11.2 Å². The normalized spacial score (nSPS) is 10.7. The number of benzene rings is 1. The predicted molar refractivity (Wildman–Crippen MR) is 66.7 cm³/mol. The van der Waals surface area contributed by atoms with Gasteiger partial charge in [-0.25, -0.2) is 4.98 Å². The maximum atomic E-state index is 11.8. The zero-order valence-corrected chi connectivity index (χ0v) is 9.49. The maximum absolute atomic E-state index is 11.8. The summed E-state index contributed by atoms with van der Waals surface area (Å²) < 4.78 is 5.11. The van der Waals surface area contributed by atoms with Gasteiger partial charge in [0.2, 0.25) is 0 Å². The fourth-order valence-electron chi connectivity index (χ4n) is 1.76. The lowest BCUT2D eigenvalue weighted by atomic mass is 10.2. The van der Waals surface area contributed by atoms with Crippen molar-refractivity contribution in [2.24, 2.45) is 0 Å². The van der Waals surface area contributed by atoms with Crippen LogP contribution in [0.15, 0.2) is 45.8 Å². The Hall–Kier alpha value is -2.96. The van der Waals surface area contributed by atoms with Gasteiger partial charge in [-0.1, -0.05) is 0 Å². The van der Waals surface area contributed by atoms with Crippen LogP contribution in [0.5, 0.6) is 0 Å². The molecule has 0 spiro atoms. The van der Waals surface area contributed by atoms with E-state index in [-0.39, 0.29) is 11.4 Å². The molecule has 0 aliphatic rings. The van der Waals surface area contributed by atoms with Crippen molar-refractivity contribution in [1.29, 1.82) is 0 Å². The molecule has 0 saturated heterocycles. The highest BCUT2D eigenvalue weighted by molar-refractivity contribution is 5.78. The van der Waals surface area contributed by atoms with E-state index in [1.54, 1.807) is 12.1 Å². The van der Waals surface area contributed by atoms with E-state index >= 15 is 0 Å². The van der Waals surface area contributed by atoms with Crippen LogP contribution in [0.1, 0.15) is 0 Å². The van der Waals surface area contributed by atoms with E-state index in [9.17, 15) is 14.9 Å². The Morgan fingerprint density at radius 2 is 2.16 bits per heavy atom. The molecule has 2 heterocycles. The summed E-state index contributed by atoms with van der Waals surface area (Å²) in [5.41, 5.74) is 0.373. The van der Waals surface area contributed by atoms with E-state index in [0.29, 0.717) is 16.8 Å². The third kappa shape index (κ3) is 1.86. The molecule has 3 rings (SSSR count). The van der Waals surface area contributed by atoms with Gasteiger partial charge in [0, 0.05) is 12.1 Å². The Morgan fingerprint density at radius 1 is 1.32 bits per heavy atom. The van der Waals surface area contributed by atoms with E-state index in [1.165, 1.54) is 24.5 Å².